The number of pyridine rings is 1. The Bertz CT molecular complexity index is 1520. The number of imidazole rings is 1. The molecule has 0 radical (unpaired) electrons. The molecule has 174 valence electrons. The number of halogens is 1. The van der Waals surface area contributed by atoms with Gasteiger partial charge in [0.15, 0.2) is 0 Å². The van der Waals surface area contributed by atoms with E-state index in [1.807, 2.05) is 46.9 Å². The second-order valence-electron chi connectivity index (χ2n) is 7.77. The van der Waals surface area contributed by atoms with Crippen molar-refractivity contribution in [3.05, 3.63) is 96.2 Å². The van der Waals surface area contributed by atoms with Crippen molar-refractivity contribution in [3.8, 4) is 28.4 Å². The molecule has 3 N–H and O–H groups in total. The highest BCUT2D eigenvalue weighted by molar-refractivity contribution is 5.96. The van der Waals surface area contributed by atoms with Crippen LogP contribution in [-0.4, -0.2) is 32.4 Å². The van der Waals surface area contributed by atoms with Gasteiger partial charge in [-0.2, -0.15) is 0 Å². The number of methoxy groups -OCH3 is 1. The molecule has 0 spiro atoms. The summed E-state index contributed by atoms with van der Waals surface area (Å²) in [7, 11) is 1.43. The van der Waals surface area contributed by atoms with E-state index in [0.717, 1.165) is 34.0 Å². The number of nitrogens with two attached hydrogens (primary N) is 1. The summed E-state index contributed by atoms with van der Waals surface area (Å²) in [6, 6.07) is 17.1. The van der Waals surface area contributed by atoms with Crippen LogP contribution >= 0.6 is 0 Å². The number of carbonyl (C=O) groups is 1. The van der Waals surface area contributed by atoms with Gasteiger partial charge in [-0.25, -0.2) is 14.4 Å². The molecule has 0 atom stereocenters. The van der Waals surface area contributed by atoms with E-state index in [1.165, 1.54) is 19.2 Å². The van der Waals surface area contributed by atoms with Crippen molar-refractivity contribution in [1.29, 1.82) is 0 Å². The zero-order valence-corrected chi connectivity index (χ0v) is 18.8. The fourth-order valence-electron chi connectivity index (χ4n) is 3.88. The molecule has 0 aliphatic carbocycles. The van der Waals surface area contributed by atoms with Crippen molar-refractivity contribution in [3.63, 3.8) is 0 Å². The Labute approximate surface area is 200 Å². The van der Waals surface area contributed by atoms with Gasteiger partial charge in [0.05, 0.1) is 23.9 Å². The van der Waals surface area contributed by atoms with Crippen LogP contribution in [0.5, 0.6) is 5.75 Å². The summed E-state index contributed by atoms with van der Waals surface area (Å²) < 4.78 is 20.6. The second kappa shape index (κ2) is 9.22. The van der Waals surface area contributed by atoms with Crippen LogP contribution in [0.2, 0.25) is 0 Å². The molecule has 9 heteroatoms. The molecule has 5 rings (SSSR count). The SMILES string of the molecule is COc1ccc(F)cc1C(=O)NCc1ccc(-c2nc(-c3ccncc3)c3ccnc(N)n23)cc1. The van der Waals surface area contributed by atoms with E-state index in [9.17, 15) is 9.18 Å². The number of ether oxygens (including phenoxy) is 1. The number of rotatable bonds is 6. The van der Waals surface area contributed by atoms with Gasteiger partial charge in [-0.1, -0.05) is 24.3 Å². The molecule has 3 aromatic heterocycles. The van der Waals surface area contributed by atoms with Crippen molar-refractivity contribution in [2.45, 2.75) is 6.54 Å². The molecule has 3 heterocycles. The third-order valence-electron chi connectivity index (χ3n) is 5.61. The van der Waals surface area contributed by atoms with E-state index < -0.39 is 11.7 Å². The topological polar surface area (TPSA) is 107 Å². The van der Waals surface area contributed by atoms with Crippen LogP contribution in [0.15, 0.2) is 79.3 Å². The summed E-state index contributed by atoms with van der Waals surface area (Å²) in [6.07, 6.45) is 5.08. The fraction of sp³-hybridized carbons (Fsp3) is 0.0769. The van der Waals surface area contributed by atoms with Crippen LogP contribution in [0.3, 0.4) is 0 Å². The van der Waals surface area contributed by atoms with Crippen LogP contribution in [0.4, 0.5) is 10.3 Å². The summed E-state index contributed by atoms with van der Waals surface area (Å²) in [5.41, 5.74) is 10.6. The molecule has 5 aromatic rings. The normalized spacial score (nSPS) is 10.9. The number of nitrogens with zero attached hydrogens (tertiary/aromatic N) is 4. The largest absolute Gasteiger partial charge is 0.496 e. The first-order chi connectivity index (χ1) is 17.0. The first-order valence-corrected chi connectivity index (χ1v) is 10.8. The first-order valence-electron chi connectivity index (χ1n) is 10.8. The van der Waals surface area contributed by atoms with Gasteiger partial charge in [-0.05, 0) is 42.0 Å². The van der Waals surface area contributed by atoms with Crippen molar-refractivity contribution in [1.82, 2.24) is 24.7 Å². The molecule has 35 heavy (non-hydrogen) atoms. The zero-order chi connectivity index (χ0) is 24.4. The Morgan fingerprint density at radius 2 is 1.80 bits per heavy atom. The number of fused-ring (bicyclic) bond motifs is 1. The maximum atomic E-state index is 13.6. The van der Waals surface area contributed by atoms with E-state index in [-0.39, 0.29) is 12.1 Å². The summed E-state index contributed by atoms with van der Waals surface area (Å²) in [5, 5.41) is 2.80. The van der Waals surface area contributed by atoms with Crippen LogP contribution in [0.1, 0.15) is 15.9 Å². The molecule has 0 saturated heterocycles. The minimum atomic E-state index is -0.507. The van der Waals surface area contributed by atoms with Gasteiger partial charge in [0, 0.05) is 36.3 Å². The lowest BCUT2D eigenvalue weighted by Crippen LogP contribution is -2.23. The van der Waals surface area contributed by atoms with Gasteiger partial charge >= 0.3 is 0 Å². The van der Waals surface area contributed by atoms with Crippen LogP contribution in [-0.2, 0) is 6.54 Å². The Morgan fingerprint density at radius 3 is 2.54 bits per heavy atom. The van der Waals surface area contributed by atoms with Crippen molar-refractivity contribution in [2.75, 3.05) is 12.8 Å². The summed E-state index contributed by atoms with van der Waals surface area (Å²) in [6.45, 7) is 0.257. The van der Waals surface area contributed by atoms with Crippen molar-refractivity contribution < 1.29 is 13.9 Å². The highest BCUT2D eigenvalue weighted by atomic mass is 19.1. The van der Waals surface area contributed by atoms with E-state index in [2.05, 4.69) is 15.3 Å². The highest BCUT2D eigenvalue weighted by Crippen LogP contribution is 2.30. The van der Waals surface area contributed by atoms with Crippen LogP contribution in [0, 0.1) is 5.82 Å². The van der Waals surface area contributed by atoms with Gasteiger partial charge < -0.3 is 15.8 Å². The first kappa shape index (κ1) is 22.0. The predicted octanol–water partition coefficient (Wildman–Crippen LogP) is 4.12. The number of amides is 1. The number of anilines is 1. The molecule has 0 saturated carbocycles. The van der Waals surface area contributed by atoms with Crippen molar-refractivity contribution in [2.24, 2.45) is 0 Å². The monoisotopic (exact) mass is 468 g/mol. The third-order valence-corrected chi connectivity index (χ3v) is 5.61. The second-order valence-corrected chi connectivity index (χ2v) is 7.77. The van der Waals surface area contributed by atoms with E-state index in [0.29, 0.717) is 17.5 Å². The van der Waals surface area contributed by atoms with Gasteiger partial charge in [-0.3, -0.25) is 14.2 Å². The summed E-state index contributed by atoms with van der Waals surface area (Å²) in [5.74, 6) is 0.349. The molecule has 2 aromatic carbocycles. The average Bonchev–Trinajstić information content (AvgIpc) is 3.29. The maximum absolute atomic E-state index is 13.6. The minimum absolute atomic E-state index is 0.139. The molecular formula is C26H21FN6O2. The molecule has 0 fully saturated rings. The lowest BCUT2D eigenvalue weighted by atomic mass is 10.1. The Balaban J connectivity index is 1.41. The van der Waals surface area contributed by atoms with Crippen molar-refractivity contribution >= 4 is 17.4 Å². The average molecular weight is 468 g/mol. The molecule has 0 unspecified atom stereocenters. The molecule has 0 bridgehead atoms. The summed E-state index contributed by atoms with van der Waals surface area (Å²) in [4.78, 5) is 25.7. The number of nitrogen functional groups attached to an aromatic ring is 1. The number of carbonyl (C=O) groups excluding carboxylic acids is 1. The van der Waals surface area contributed by atoms with Gasteiger partial charge in [0.25, 0.3) is 5.91 Å². The Kier molecular flexibility index (Phi) is 5.80. The van der Waals surface area contributed by atoms with Crippen LogP contribution in [0.25, 0.3) is 28.2 Å². The fourth-order valence-corrected chi connectivity index (χ4v) is 3.88. The molecule has 0 aliphatic heterocycles. The molecular weight excluding hydrogens is 447 g/mol. The zero-order valence-electron chi connectivity index (χ0n) is 18.8. The van der Waals surface area contributed by atoms with Gasteiger partial charge in [0.1, 0.15) is 17.4 Å². The Morgan fingerprint density at radius 1 is 1.03 bits per heavy atom. The van der Waals surface area contributed by atoms with Crippen LogP contribution < -0.4 is 15.8 Å². The van der Waals surface area contributed by atoms with E-state index in [4.69, 9.17) is 15.5 Å². The van der Waals surface area contributed by atoms with E-state index >= 15 is 0 Å². The predicted molar refractivity (Wildman–Crippen MR) is 130 cm³/mol. The highest BCUT2D eigenvalue weighted by Gasteiger charge is 2.17. The number of benzene rings is 2. The smallest absolute Gasteiger partial charge is 0.255 e. The summed E-state index contributed by atoms with van der Waals surface area (Å²) >= 11 is 0. The lowest BCUT2D eigenvalue weighted by Gasteiger charge is -2.10. The van der Waals surface area contributed by atoms with E-state index in [1.54, 1.807) is 18.6 Å². The van der Waals surface area contributed by atoms with Gasteiger partial charge in [-0.15, -0.1) is 0 Å². The lowest BCUT2D eigenvalue weighted by molar-refractivity contribution is 0.0947. The Hall–Kier alpha value is -4.79. The number of nitrogens with one attached hydrogen (secondary N) is 1. The molecule has 8 nitrogen and oxygen atoms in total. The quantitative estimate of drug-likeness (QED) is 0.388. The van der Waals surface area contributed by atoms with Gasteiger partial charge in [0.2, 0.25) is 5.95 Å². The molecule has 1 amide bonds. The number of hydrogen-bond acceptors (Lipinski definition) is 6. The number of hydrogen-bond donors (Lipinski definition) is 2. The molecule has 0 aliphatic rings. The third kappa shape index (κ3) is 4.26. The number of aromatic nitrogens is 4. The standard InChI is InChI=1S/C26H21FN6O2/c1-35-22-7-6-19(27)14-20(22)25(34)31-15-16-2-4-18(5-3-16)24-32-23(17-8-11-29-12-9-17)21-10-13-30-26(28)33(21)24/h2-14H,15H2,1H3,(H2,28,30)(H,31,34). The minimum Gasteiger partial charge on any atom is -0.496 e. The maximum Gasteiger partial charge on any atom is 0.255 e.